The third-order valence-corrected chi connectivity index (χ3v) is 6.11. The van der Waals surface area contributed by atoms with Gasteiger partial charge in [-0.25, -0.2) is 4.79 Å². The van der Waals surface area contributed by atoms with Crippen molar-refractivity contribution in [2.24, 2.45) is 5.92 Å². The summed E-state index contributed by atoms with van der Waals surface area (Å²) in [4.78, 5) is 12.5. The van der Waals surface area contributed by atoms with Crippen molar-refractivity contribution in [3.8, 4) is 11.1 Å². The highest BCUT2D eigenvalue weighted by atomic mass is 16.5. The van der Waals surface area contributed by atoms with Crippen LogP contribution in [0.4, 0.5) is 4.79 Å². The molecule has 2 aliphatic rings. The minimum absolute atomic E-state index is 0.0401. The van der Waals surface area contributed by atoms with E-state index < -0.39 is 11.6 Å². The number of alkyl carbamates (subject to hydrolysis) is 1. The number of rotatable bonds is 4. The number of aliphatic hydroxyl groups excluding tert-OH is 1. The van der Waals surface area contributed by atoms with E-state index in [1.807, 2.05) is 24.3 Å². The van der Waals surface area contributed by atoms with E-state index in [1.165, 1.54) is 22.3 Å². The van der Waals surface area contributed by atoms with Gasteiger partial charge in [0.05, 0.1) is 12.1 Å². The van der Waals surface area contributed by atoms with Crippen molar-refractivity contribution in [1.29, 1.82) is 0 Å². The van der Waals surface area contributed by atoms with Crippen LogP contribution in [0.2, 0.25) is 0 Å². The van der Waals surface area contributed by atoms with Crippen LogP contribution in [0.15, 0.2) is 48.5 Å². The van der Waals surface area contributed by atoms with Gasteiger partial charge >= 0.3 is 6.09 Å². The van der Waals surface area contributed by atoms with Gasteiger partial charge in [-0.15, -0.1) is 0 Å². The second kappa shape index (κ2) is 7.35. The molecule has 0 radical (unpaired) electrons. The molecule has 2 aromatic carbocycles. The molecule has 2 aromatic rings. The van der Waals surface area contributed by atoms with Gasteiger partial charge < -0.3 is 15.2 Å². The van der Waals surface area contributed by atoms with Gasteiger partial charge in [-0.05, 0) is 41.0 Å². The zero-order valence-corrected chi connectivity index (χ0v) is 15.8. The first kappa shape index (κ1) is 18.1. The van der Waals surface area contributed by atoms with Crippen LogP contribution in [0.25, 0.3) is 11.1 Å². The zero-order chi connectivity index (χ0) is 18.9. The number of hydrogen-bond donors (Lipinski definition) is 2. The van der Waals surface area contributed by atoms with Gasteiger partial charge in [0.2, 0.25) is 0 Å². The summed E-state index contributed by atoms with van der Waals surface area (Å²) in [6.07, 6.45) is 3.34. The maximum Gasteiger partial charge on any atom is 0.407 e. The molecule has 2 N–H and O–H groups in total. The molecule has 27 heavy (non-hydrogen) atoms. The van der Waals surface area contributed by atoms with Gasteiger partial charge in [0.25, 0.3) is 0 Å². The summed E-state index contributed by atoms with van der Waals surface area (Å²) in [6, 6.07) is 16.6. The Morgan fingerprint density at radius 2 is 1.78 bits per heavy atom. The average molecular weight is 365 g/mol. The van der Waals surface area contributed by atoms with Crippen LogP contribution >= 0.6 is 0 Å². The molecule has 142 valence electrons. The molecule has 0 saturated heterocycles. The standard InChI is InChI=1S/C23H27NO3/c1-16-7-6-12-23(13-16,15-25)24-22(26)27-14-21-19-10-4-2-8-17(19)18-9-3-5-11-20(18)21/h2-5,8-11,16,21,25H,6-7,12-15H2,1H3,(H,24,26). The molecule has 1 fully saturated rings. The number of hydrogen-bond acceptors (Lipinski definition) is 3. The molecule has 0 bridgehead atoms. The Hall–Kier alpha value is -2.33. The van der Waals surface area contributed by atoms with Crippen LogP contribution in [0.3, 0.4) is 0 Å². The zero-order valence-electron chi connectivity index (χ0n) is 15.8. The predicted molar refractivity (Wildman–Crippen MR) is 106 cm³/mol. The maximum absolute atomic E-state index is 12.5. The first-order valence-electron chi connectivity index (χ1n) is 9.86. The minimum Gasteiger partial charge on any atom is -0.449 e. The SMILES string of the molecule is CC1CCCC(CO)(NC(=O)OCC2c3ccccc3-c3ccccc32)C1. The maximum atomic E-state index is 12.5. The molecule has 4 heteroatoms. The fourth-order valence-corrected chi connectivity index (χ4v) is 4.81. The van der Waals surface area contributed by atoms with Gasteiger partial charge in [-0.1, -0.05) is 68.3 Å². The third kappa shape index (κ3) is 3.46. The van der Waals surface area contributed by atoms with Crippen molar-refractivity contribution in [2.75, 3.05) is 13.2 Å². The van der Waals surface area contributed by atoms with Crippen LogP contribution in [-0.2, 0) is 4.74 Å². The second-order valence-electron chi connectivity index (χ2n) is 8.09. The molecule has 0 spiro atoms. The van der Waals surface area contributed by atoms with Gasteiger partial charge in [-0.3, -0.25) is 0 Å². The van der Waals surface area contributed by atoms with Crippen molar-refractivity contribution in [3.05, 3.63) is 59.7 Å². The Bertz CT molecular complexity index is 788. The molecular weight excluding hydrogens is 338 g/mol. The van der Waals surface area contributed by atoms with Crippen LogP contribution in [-0.4, -0.2) is 30.0 Å². The highest BCUT2D eigenvalue weighted by Crippen LogP contribution is 2.44. The normalized spacial score (nSPS) is 24.1. The molecule has 2 unspecified atom stereocenters. The highest BCUT2D eigenvalue weighted by Gasteiger charge is 2.37. The predicted octanol–water partition coefficient (Wildman–Crippen LogP) is 4.47. The van der Waals surface area contributed by atoms with Crippen LogP contribution < -0.4 is 5.32 Å². The lowest BCUT2D eigenvalue weighted by Crippen LogP contribution is -2.54. The smallest absolute Gasteiger partial charge is 0.407 e. The van der Waals surface area contributed by atoms with E-state index in [0.29, 0.717) is 12.5 Å². The van der Waals surface area contributed by atoms with E-state index in [-0.39, 0.29) is 12.5 Å². The molecule has 1 amide bonds. The van der Waals surface area contributed by atoms with Crippen LogP contribution in [0.1, 0.15) is 49.7 Å². The van der Waals surface area contributed by atoms with Gasteiger partial charge in [-0.2, -0.15) is 0 Å². The third-order valence-electron chi connectivity index (χ3n) is 6.11. The Morgan fingerprint density at radius 3 is 2.37 bits per heavy atom. The molecule has 4 nitrogen and oxygen atoms in total. The van der Waals surface area contributed by atoms with Gasteiger partial charge in [0, 0.05) is 5.92 Å². The number of benzene rings is 2. The molecule has 0 aromatic heterocycles. The molecule has 0 aliphatic heterocycles. The van der Waals surface area contributed by atoms with E-state index in [0.717, 1.165) is 25.7 Å². The summed E-state index contributed by atoms with van der Waals surface area (Å²) in [6.45, 7) is 2.43. The quantitative estimate of drug-likeness (QED) is 0.841. The lowest BCUT2D eigenvalue weighted by atomic mass is 9.77. The number of nitrogens with one attached hydrogen (secondary N) is 1. The molecule has 0 heterocycles. The van der Waals surface area contributed by atoms with E-state index in [9.17, 15) is 9.90 Å². The lowest BCUT2D eigenvalue weighted by Gasteiger charge is -2.39. The van der Waals surface area contributed by atoms with Crippen molar-refractivity contribution >= 4 is 6.09 Å². The number of ether oxygens (including phenoxy) is 1. The van der Waals surface area contributed by atoms with Crippen molar-refractivity contribution in [1.82, 2.24) is 5.32 Å². The van der Waals surface area contributed by atoms with E-state index in [4.69, 9.17) is 4.74 Å². The van der Waals surface area contributed by atoms with Gasteiger partial charge in [0.15, 0.2) is 0 Å². The summed E-state index contributed by atoms with van der Waals surface area (Å²) >= 11 is 0. The van der Waals surface area contributed by atoms with E-state index >= 15 is 0 Å². The molecule has 2 aliphatic carbocycles. The minimum atomic E-state index is -0.541. The van der Waals surface area contributed by atoms with Crippen molar-refractivity contribution < 1.29 is 14.6 Å². The molecule has 4 rings (SSSR count). The molecular formula is C23H27NO3. The lowest BCUT2D eigenvalue weighted by molar-refractivity contribution is 0.0789. The Kier molecular flexibility index (Phi) is 4.92. The first-order valence-corrected chi connectivity index (χ1v) is 9.86. The highest BCUT2D eigenvalue weighted by molar-refractivity contribution is 5.79. The summed E-state index contributed by atoms with van der Waals surface area (Å²) in [5.41, 5.74) is 4.30. The fraction of sp³-hybridized carbons (Fsp3) is 0.435. The summed E-state index contributed by atoms with van der Waals surface area (Å²) in [7, 11) is 0. The Balaban J connectivity index is 1.46. The molecule has 2 atom stereocenters. The monoisotopic (exact) mass is 365 g/mol. The summed E-state index contributed by atoms with van der Waals surface area (Å²) < 4.78 is 5.64. The van der Waals surface area contributed by atoms with E-state index in [2.05, 4.69) is 36.5 Å². The summed E-state index contributed by atoms with van der Waals surface area (Å²) in [5, 5.41) is 12.9. The van der Waals surface area contributed by atoms with Crippen LogP contribution in [0, 0.1) is 5.92 Å². The Labute approximate surface area is 160 Å². The second-order valence-corrected chi connectivity index (χ2v) is 8.09. The topological polar surface area (TPSA) is 58.6 Å². The van der Waals surface area contributed by atoms with Crippen molar-refractivity contribution in [3.63, 3.8) is 0 Å². The summed E-state index contributed by atoms with van der Waals surface area (Å²) in [5.74, 6) is 0.554. The Morgan fingerprint density at radius 1 is 1.15 bits per heavy atom. The number of amides is 1. The number of aliphatic hydroxyl groups is 1. The first-order chi connectivity index (χ1) is 13.1. The van der Waals surface area contributed by atoms with Crippen LogP contribution in [0.5, 0.6) is 0 Å². The fourth-order valence-electron chi connectivity index (χ4n) is 4.81. The van der Waals surface area contributed by atoms with Gasteiger partial charge in [0.1, 0.15) is 6.61 Å². The largest absolute Gasteiger partial charge is 0.449 e. The number of fused-ring (bicyclic) bond motifs is 3. The van der Waals surface area contributed by atoms with E-state index in [1.54, 1.807) is 0 Å². The number of carbonyl (C=O) groups excluding carboxylic acids is 1. The van der Waals surface area contributed by atoms with Crippen molar-refractivity contribution in [2.45, 2.75) is 44.1 Å². The average Bonchev–Trinajstić information content (AvgIpc) is 3.00. The molecule has 1 saturated carbocycles. The number of carbonyl (C=O) groups is 1.